The number of nitrogens with two attached hydrogens (primary N) is 1. The van der Waals surface area contributed by atoms with E-state index in [0.717, 1.165) is 30.0 Å². The summed E-state index contributed by atoms with van der Waals surface area (Å²) in [5, 5.41) is 3.92. The van der Waals surface area contributed by atoms with Gasteiger partial charge in [0.15, 0.2) is 5.76 Å². The van der Waals surface area contributed by atoms with Crippen molar-refractivity contribution in [3.63, 3.8) is 0 Å². The predicted octanol–water partition coefficient (Wildman–Crippen LogP) is 3.76. The number of ether oxygens (including phenoxy) is 1. The highest BCUT2D eigenvalue weighted by Gasteiger charge is 2.11. The second-order valence-electron chi connectivity index (χ2n) is 4.79. The lowest BCUT2D eigenvalue weighted by atomic mass is 10.1. The van der Waals surface area contributed by atoms with Gasteiger partial charge in [-0.3, -0.25) is 0 Å². The Kier molecular flexibility index (Phi) is 5.62. The van der Waals surface area contributed by atoms with Crippen LogP contribution in [0.15, 0.2) is 34.9 Å². The molecule has 0 aliphatic heterocycles. The fourth-order valence-electron chi connectivity index (χ4n) is 2.04. The average Bonchev–Trinajstić information content (AvgIpc) is 2.96. The van der Waals surface area contributed by atoms with Gasteiger partial charge in [0, 0.05) is 12.6 Å². The first-order chi connectivity index (χ1) is 9.85. The molecule has 0 aliphatic rings. The van der Waals surface area contributed by atoms with Crippen LogP contribution in [0.1, 0.15) is 38.3 Å². The van der Waals surface area contributed by atoms with Crippen LogP contribution < -0.4 is 10.5 Å². The molecule has 0 radical (unpaired) electrons. The average molecular weight is 274 g/mol. The largest absolute Gasteiger partial charge is 0.493 e. The number of unbranched alkanes of at least 4 members (excludes halogenated alkanes) is 3. The Balaban J connectivity index is 2.02. The summed E-state index contributed by atoms with van der Waals surface area (Å²) >= 11 is 0. The monoisotopic (exact) mass is 274 g/mol. The number of aromatic nitrogens is 1. The molecular formula is C16H22N2O2. The van der Waals surface area contributed by atoms with Crippen LogP contribution >= 0.6 is 0 Å². The maximum atomic E-state index is 5.86. The number of hydrogen-bond donors (Lipinski definition) is 1. The minimum Gasteiger partial charge on any atom is -0.493 e. The van der Waals surface area contributed by atoms with Crippen molar-refractivity contribution in [3.8, 4) is 17.1 Å². The van der Waals surface area contributed by atoms with Crippen LogP contribution in [0.4, 0.5) is 0 Å². The molecule has 1 aromatic heterocycles. The fourth-order valence-corrected chi connectivity index (χ4v) is 2.04. The van der Waals surface area contributed by atoms with E-state index >= 15 is 0 Å². The van der Waals surface area contributed by atoms with Crippen LogP contribution in [0.5, 0.6) is 5.75 Å². The summed E-state index contributed by atoms with van der Waals surface area (Å²) in [6.07, 6.45) is 4.77. The zero-order chi connectivity index (χ0) is 14.2. The van der Waals surface area contributed by atoms with Gasteiger partial charge >= 0.3 is 0 Å². The highest BCUT2D eigenvalue weighted by molar-refractivity contribution is 5.65. The summed E-state index contributed by atoms with van der Waals surface area (Å²) in [5.41, 5.74) is 7.23. The van der Waals surface area contributed by atoms with E-state index in [1.807, 2.05) is 30.3 Å². The Labute approximate surface area is 119 Å². The Morgan fingerprint density at radius 3 is 2.80 bits per heavy atom. The molecule has 0 amide bonds. The molecule has 0 saturated heterocycles. The summed E-state index contributed by atoms with van der Waals surface area (Å²) in [4.78, 5) is 0. The van der Waals surface area contributed by atoms with Crippen molar-refractivity contribution < 1.29 is 9.26 Å². The minimum absolute atomic E-state index is 0.379. The Bertz CT molecular complexity index is 523. The molecule has 0 unspecified atom stereocenters. The number of nitrogens with zero attached hydrogens (tertiary/aromatic N) is 1. The van der Waals surface area contributed by atoms with Crippen molar-refractivity contribution >= 4 is 0 Å². The number of hydrogen-bond acceptors (Lipinski definition) is 4. The van der Waals surface area contributed by atoms with Crippen LogP contribution in [0, 0.1) is 0 Å². The molecule has 20 heavy (non-hydrogen) atoms. The van der Waals surface area contributed by atoms with Crippen LogP contribution in [0.3, 0.4) is 0 Å². The Morgan fingerprint density at radius 2 is 2.05 bits per heavy atom. The van der Waals surface area contributed by atoms with E-state index in [4.69, 9.17) is 15.0 Å². The normalized spacial score (nSPS) is 10.7. The molecule has 0 bridgehead atoms. The molecule has 0 aliphatic carbocycles. The third-order valence-electron chi connectivity index (χ3n) is 3.18. The topological polar surface area (TPSA) is 61.3 Å². The summed E-state index contributed by atoms with van der Waals surface area (Å²) in [6, 6.07) is 9.72. The quantitative estimate of drug-likeness (QED) is 0.744. The van der Waals surface area contributed by atoms with Crippen LogP contribution in [0.2, 0.25) is 0 Å². The highest BCUT2D eigenvalue weighted by atomic mass is 16.5. The van der Waals surface area contributed by atoms with Gasteiger partial charge in [0.1, 0.15) is 5.75 Å². The zero-order valence-corrected chi connectivity index (χ0v) is 12.0. The smallest absolute Gasteiger partial charge is 0.170 e. The lowest BCUT2D eigenvalue weighted by molar-refractivity contribution is 0.305. The molecule has 0 saturated carbocycles. The SMILES string of the molecule is CCCCCCOc1ccccc1-c1cc(CN)no1. The van der Waals surface area contributed by atoms with E-state index in [1.165, 1.54) is 19.3 Å². The summed E-state index contributed by atoms with van der Waals surface area (Å²) in [6.45, 7) is 3.31. The lowest BCUT2D eigenvalue weighted by Gasteiger charge is -2.09. The molecule has 2 aromatic rings. The molecule has 4 nitrogen and oxygen atoms in total. The second-order valence-corrected chi connectivity index (χ2v) is 4.79. The molecule has 0 fully saturated rings. The number of para-hydroxylation sites is 1. The van der Waals surface area contributed by atoms with Crippen molar-refractivity contribution in [3.05, 3.63) is 36.0 Å². The van der Waals surface area contributed by atoms with E-state index in [1.54, 1.807) is 0 Å². The molecule has 1 aromatic carbocycles. The molecule has 108 valence electrons. The molecule has 2 rings (SSSR count). The standard InChI is InChI=1S/C16H22N2O2/c1-2-3-4-7-10-19-15-9-6-5-8-14(15)16-11-13(12-17)18-20-16/h5-6,8-9,11H,2-4,7,10,12,17H2,1H3. The van der Waals surface area contributed by atoms with Crippen molar-refractivity contribution in [2.75, 3.05) is 6.61 Å². The third-order valence-corrected chi connectivity index (χ3v) is 3.18. The maximum Gasteiger partial charge on any atom is 0.170 e. The number of benzene rings is 1. The molecule has 4 heteroatoms. The summed E-state index contributed by atoms with van der Waals surface area (Å²) < 4.78 is 11.2. The minimum atomic E-state index is 0.379. The molecule has 2 N–H and O–H groups in total. The van der Waals surface area contributed by atoms with Gasteiger partial charge < -0.3 is 15.0 Å². The van der Waals surface area contributed by atoms with Gasteiger partial charge in [-0.15, -0.1) is 0 Å². The highest BCUT2D eigenvalue weighted by Crippen LogP contribution is 2.30. The van der Waals surface area contributed by atoms with E-state index in [0.29, 0.717) is 12.3 Å². The van der Waals surface area contributed by atoms with Gasteiger partial charge in [-0.1, -0.05) is 43.5 Å². The van der Waals surface area contributed by atoms with E-state index in [9.17, 15) is 0 Å². The zero-order valence-electron chi connectivity index (χ0n) is 12.0. The number of rotatable bonds is 8. The maximum absolute atomic E-state index is 5.86. The fraction of sp³-hybridized carbons (Fsp3) is 0.438. The second kappa shape index (κ2) is 7.70. The van der Waals surface area contributed by atoms with E-state index in [-0.39, 0.29) is 0 Å². The van der Waals surface area contributed by atoms with Crippen molar-refractivity contribution in [2.45, 2.75) is 39.2 Å². The molecule has 1 heterocycles. The lowest BCUT2D eigenvalue weighted by Crippen LogP contribution is -1.98. The van der Waals surface area contributed by atoms with Crippen LogP contribution in [-0.4, -0.2) is 11.8 Å². The first-order valence-electron chi connectivity index (χ1n) is 7.23. The van der Waals surface area contributed by atoms with Gasteiger partial charge in [0.25, 0.3) is 0 Å². The predicted molar refractivity (Wildman–Crippen MR) is 79.5 cm³/mol. The Morgan fingerprint density at radius 1 is 1.20 bits per heavy atom. The van der Waals surface area contributed by atoms with E-state index < -0.39 is 0 Å². The van der Waals surface area contributed by atoms with Crippen LogP contribution in [0.25, 0.3) is 11.3 Å². The Hall–Kier alpha value is -1.81. The first kappa shape index (κ1) is 14.6. The van der Waals surface area contributed by atoms with Gasteiger partial charge in [0.2, 0.25) is 0 Å². The van der Waals surface area contributed by atoms with Gasteiger partial charge in [-0.05, 0) is 18.6 Å². The van der Waals surface area contributed by atoms with E-state index in [2.05, 4.69) is 12.1 Å². The van der Waals surface area contributed by atoms with Gasteiger partial charge in [-0.25, -0.2) is 0 Å². The molecule has 0 spiro atoms. The summed E-state index contributed by atoms with van der Waals surface area (Å²) in [5.74, 6) is 1.54. The molecule has 0 atom stereocenters. The third kappa shape index (κ3) is 3.84. The van der Waals surface area contributed by atoms with Crippen molar-refractivity contribution in [2.24, 2.45) is 5.73 Å². The summed E-state index contributed by atoms with van der Waals surface area (Å²) in [7, 11) is 0. The van der Waals surface area contributed by atoms with Crippen molar-refractivity contribution in [1.29, 1.82) is 0 Å². The van der Waals surface area contributed by atoms with Gasteiger partial charge in [0.05, 0.1) is 17.9 Å². The van der Waals surface area contributed by atoms with Crippen molar-refractivity contribution in [1.82, 2.24) is 5.16 Å². The first-order valence-corrected chi connectivity index (χ1v) is 7.23. The van der Waals surface area contributed by atoms with Gasteiger partial charge in [-0.2, -0.15) is 0 Å². The van der Waals surface area contributed by atoms with Crippen LogP contribution in [-0.2, 0) is 6.54 Å². The molecular weight excluding hydrogens is 252 g/mol.